The summed E-state index contributed by atoms with van der Waals surface area (Å²) >= 11 is 0. The van der Waals surface area contributed by atoms with Crippen molar-refractivity contribution in [1.29, 1.82) is 0 Å². The molecular weight excluding hydrogens is 262 g/mol. The van der Waals surface area contributed by atoms with Crippen LogP contribution in [0.5, 0.6) is 0 Å². The number of carbonyl (C=O) groups excluding carboxylic acids is 1. The Morgan fingerprint density at radius 1 is 1.14 bits per heavy atom. The number of hydrogen-bond acceptors (Lipinski definition) is 2. The highest BCUT2D eigenvalue weighted by Crippen LogP contribution is 2.34. The number of fused-ring (bicyclic) bond motifs is 1. The normalized spacial score (nSPS) is 20.1. The second-order valence-corrected chi connectivity index (χ2v) is 6.35. The molecule has 21 heavy (non-hydrogen) atoms. The second-order valence-electron chi connectivity index (χ2n) is 6.35. The monoisotopic (exact) mass is 283 g/mol. The van der Waals surface area contributed by atoms with E-state index in [2.05, 4.69) is 39.6 Å². The van der Waals surface area contributed by atoms with Crippen LogP contribution in [0.15, 0.2) is 24.3 Å². The van der Waals surface area contributed by atoms with Crippen molar-refractivity contribution >= 4 is 16.9 Å². The summed E-state index contributed by atoms with van der Waals surface area (Å²) in [6, 6.07) is 8.81. The average Bonchev–Trinajstić information content (AvgIpc) is 3.29. The van der Waals surface area contributed by atoms with Crippen LogP contribution in [0, 0.1) is 12.8 Å². The molecule has 2 aliphatic rings. The van der Waals surface area contributed by atoms with Gasteiger partial charge < -0.3 is 9.47 Å². The number of piperidine rings is 1. The molecule has 0 radical (unpaired) electrons. The van der Waals surface area contributed by atoms with E-state index >= 15 is 0 Å². The van der Waals surface area contributed by atoms with Crippen molar-refractivity contribution in [3.8, 4) is 0 Å². The molecule has 1 saturated heterocycles. The predicted octanol–water partition coefficient (Wildman–Crippen LogP) is 2.92. The van der Waals surface area contributed by atoms with Crippen molar-refractivity contribution in [2.45, 2.75) is 38.6 Å². The lowest BCUT2D eigenvalue weighted by atomic mass is 10.0. The van der Waals surface area contributed by atoms with Gasteiger partial charge in [-0.1, -0.05) is 12.1 Å². The first-order valence-corrected chi connectivity index (χ1v) is 7.96. The van der Waals surface area contributed by atoms with Gasteiger partial charge in [0.1, 0.15) is 5.82 Å². The average molecular weight is 283 g/mol. The molecule has 2 fully saturated rings. The van der Waals surface area contributed by atoms with Crippen LogP contribution in [0.4, 0.5) is 0 Å². The van der Waals surface area contributed by atoms with Crippen LogP contribution in [-0.4, -0.2) is 33.4 Å². The molecule has 1 saturated carbocycles. The van der Waals surface area contributed by atoms with Gasteiger partial charge in [-0.05, 0) is 44.7 Å². The standard InChI is InChI=1S/C17H21N3O/c1-12-18-15-4-2-3-5-16(15)20(12)14-8-10-19(11-9-14)17(21)13-6-7-13/h2-5,13-14H,6-11H2,1H3. The van der Waals surface area contributed by atoms with Crippen LogP contribution in [-0.2, 0) is 4.79 Å². The summed E-state index contributed by atoms with van der Waals surface area (Å²) in [5.41, 5.74) is 2.30. The predicted molar refractivity (Wildman–Crippen MR) is 82.0 cm³/mol. The zero-order valence-electron chi connectivity index (χ0n) is 12.5. The number of likely N-dealkylation sites (tertiary alicyclic amines) is 1. The number of aryl methyl sites for hydroxylation is 1. The molecule has 0 atom stereocenters. The molecule has 110 valence electrons. The molecule has 4 nitrogen and oxygen atoms in total. The molecule has 2 aromatic rings. The van der Waals surface area contributed by atoms with Crippen LogP contribution in [0.25, 0.3) is 11.0 Å². The first-order chi connectivity index (χ1) is 10.2. The van der Waals surface area contributed by atoms with Crippen LogP contribution in [0.3, 0.4) is 0 Å². The van der Waals surface area contributed by atoms with E-state index in [1.807, 2.05) is 6.07 Å². The highest BCUT2D eigenvalue weighted by molar-refractivity contribution is 5.81. The van der Waals surface area contributed by atoms with E-state index in [0.717, 1.165) is 50.1 Å². The summed E-state index contributed by atoms with van der Waals surface area (Å²) in [7, 11) is 0. The Hall–Kier alpha value is -1.84. The van der Waals surface area contributed by atoms with Gasteiger partial charge in [-0.2, -0.15) is 0 Å². The first kappa shape index (κ1) is 12.9. The third-order valence-corrected chi connectivity index (χ3v) is 4.84. The van der Waals surface area contributed by atoms with Crippen LogP contribution < -0.4 is 0 Å². The fourth-order valence-electron chi connectivity index (χ4n) is 3.56. The number of amides is 1. The number of hydrogen-bond donors (Lipinski definition) is 0. The lowest BCUT2D eigenvalue weighted by molar-refractivity contribution is -0.133. The third kappa shape index (κ3) is 2.23. The summed E-state index contributed by atoms with van der Waals surface area (Å²) in [5.74, 6) is 1.82. The number of aromatic nitrogens is 2. The molecule has 4 heteroatoms. The number of imidazole rings is 1. The number of nitrogens with zero attached hydrogens (tertiary/aromatic N) is 3. The van der Waals surface area contributed by atoms with Gasteiger partial charge in [-0.15, -0.1) is 0 Å². The Labute approximate surface area is 124 Å². The highest BCUT2D eigenvalue weighted by atomic mass is 16.2. The van der Waals surface area contributed by atoms with Gasteiger partial charge in [0.15, 0.2) is 0 Å². The fraction of sp³-hybridized carbons (Fsp3) is 0.529. The van der Waals surface area contributed by atoms with E-state index in [4.69, 9.17) is 0 Å². The number of carbonyl (C=O) groups is 1. The lowest BCUT2D eigenvalue weighted by Gasteiger charge is -2.33. The maximum Gasteiger partial charge on any atom is 0.225 e. The molecule has 2 heterocycles. The summed E-state index contributed by atoms with van der Waals surface area (Å²) in [4.78, 5) is 18.9. The van der Waals surface area contributed by atoms with E-state index in [-0.39, 0.29) is 0 Å². The fourth-order valence-corrected chi connectivity index (χ4v) is 3.56. The molecule has 1 amide bonds. The van der Waals surface area contributed by atoms with Crippen molar-refractivity contribution in [1.82, 2.24) is 14.5 Å². The Balaban J connectivity index is 1.54. The molecule has 0 spiro atoms. The van der Waals surface area contributed by atoms with Crippen molar-refractivity contribution < 1.29 is 4.79 Å². The highest BCUT2D eigenvalue weighted by Gasteiger charge is 2.35. The van der Waals surface area contributed by atoms with Crippen molar-refractivity contribution in [3.05, 3.63) is 30.1 Å². The number of rotatable bonds is 2. The molecule has 1 aromatic heterocycles. The number of para-hydroxylation sites is 2. The second kappa shape index (κ2) is 4.86. The SMILES string of the molecule is Cc1nc2ccccc2n1C1CCN(C(=O)C2CC2)CC1. The Bertz CT molecular complexity index is 678. The minimum Gasteiger partial charge on any atom is -0.342 e. The first-order valence-electron chi connectivity index (χ1n) is 7.96. The smallest absolute Gasteiger partial charge is 0.225 e. The maximum absolute atomic E-state index is 12.1. The van der Waals surface area contributed by atoms with Gasteiger partial charge in [0, 0.05) is 25.0 Å². The molecule has 0 bridgehead atoms. The van der Waals surface area contributed by atoms with E-state index in [0.29, 0.717) is 17.9 Å². The summed E-state index contributed by atoms with van der Waals surface area (Å²) in [6.07, 6.45) is 4.29. The quantitative estimate of drug-likeness (QED) is 0.850. The Kier molecular flexibility index (Phi) is 2.98. The van der Waals surface area contributed by atoms with E-state index < -0.39 is 0 Å². The van der Waals surface area contributed by atoms with Gasteiger partial charge in [-0.3, -0.25) is 4.79 Å². The van der Waals surface area contributed by atoms with Gasteiger partial charge in [0.05, 0.1) is 11.0 Å². The Morgan fingerprint density at radius 3 is 2.57 bits per heavy atom. The maximum atomic E-state index is 12.1. The van der Waals surface area contributed by atoms with E-state index in [1.165, 1.54) is 5.52 Å². The number of benzene rings is 1. The van der Waals surface area contributed by atoms with Gasteiger partial charge in [-0.25, -0.2) is 4.98 Å². The summed E-state index contributed by atoms with van der Waals surface area (Å²) < 4.78 is 2.37. The third-order valence-electron chi connectivity index (χ3n) is 4.84. The zero-order valence-corrected chi connectivity index (χ0v) is 12.5. The van der Waals surface area contributed by atoms with Crippen LogP contribution >= 0.6 is 0 Å². The Morgan fingerprint density at radius 2 is 1.86 bits per heavy atom. The molecule has 4 rings (SSSR count). The van der Waals surface area contributed by atoms with Gasteiger partial charge >= 0.3 is 0 Å². The lowest BCUT2D eigenvalue weighted by Crippen LogP contribution is -2.40. The largest absolute Gasteiger partial charge is 0.342 e. The van der Waals surface area contributed by atoms with Gasteiger partial charge in [0.25, 0.3) is 0 Å². The minimum absolute atomic E-state index is 0.345. The summed E-state index contributed by atoms with van der Waals surface area (Å²) in [5, 5.41) is 0. The molecule has 1 aliphatic heterocycles. The molecule has 0 N–H and O–H groups in total. The molecule has 1 aliphatic carbocycles. The van der Waals surface area contributed by atoms with Crippen molar-refractivity contribution in [2.75, 3.05) is 13.1 Å². The summed E-state index contributed by atoms with van der Waals surface area (Å²) in [6.45, 7) is 3.87. The minimum atomic E-state index is 0.345. The van der Waals surface area contributed by atoms with Crippen LogP contribution in [0.1, 0.15) is 37.5 Å². The topological polar surface area (TPSA) is 38.1 Å². The zero-order chi connectivity index (χ0) is 14.4. The van der Waals surface area contributed by atoms with Gasteiger partial charge in [0.2, 0.25) is 5.91 Å². The van der Waals surface area contributed by atoms with E-state index in [1.54, 1.807) is 0 Å². The molecule has 1 aromatic carbocycles. The molecular formula is C17H21N3O. The molecule has 0 unspecified atom stereocenters. The van der Waals surface area contributed by atoms with Crippen LogP contribution in [0.2, 0.25) is 0 Å². The van der Waals surface area contributed by atoms with Crippen molar-refractivity contribution in [3.63, 3.8) is 0 Å². The van der Waals surface area contributed by atoms with Crippen molar-refractivity contribution in [2.24, 2.45) is 5.92 Å². The van der Waals surface area contributed by atoms with E-state index in [9.17, 15) is 4.79 Å².